The Balaban J connectivity index is 1.78. The van der Waals surface area contributed by atoms with Crippen molar-refractivity contribution in [3.8, 4) is 23.3 Å². The van der Waals surface area contributed by atoms with Gasteiger partial charge < -0.3 is 24.7 Å². The van der Waals surface area contributed by atoms with Crippen LogP contribution in [0.25, 0.3) is 5.76 Å². The number of anilines is 1. The van der Waals surface area contributed by atoms with Crippen molar-refractivity contribution in [1.82, 2.24) is 0 Å². The van der Waals surface area contributed by atoms with Crippen LogP contribution >= 0.6 is 0 Å². The maximum atomic E-state index is 14.5. The molecule has 2 N–H and O–H groups in total. The van der Waals surface area contributed by atoms with Gasteiger partial charge >= 0.3 is 0 Å². The Bertz CT molecular complexity index is 1640. The molecule has 3 aromatic rings. The summed E-state index contributed by atoms with van der Waals surface area (Å²) in [7, 11) is 0.162. The van der Waals surface area contributed by atoms with E-state index in [0.717, 1.165) is 11.1 Å². The van der Waals surface area contributed by atoms with E-state index >= 15 is 0 Å². The normalized spacial score (nSPS) is 17.5. The second-order valence-corrected chi connectivity index (χ2v) is 10.9. The first-order valence-electron chi connectivity index (χ1n) is 12.0. The van der Waals surface area contributed by atoms with E-state index in [1.807, 2.05) is 31.2 Å². The molecule has 0 unspecified atom stereocenters. The Morgan fingerprint density at radius 3 is 2.23 bits per heavy atom. The molecule has 2 heterocycles. The van der Waals surface area contributed by atoms with Crippen molar-refractivity contribution in [2.75, 3.05) is 25.6 Å². The van der Waals surface area contributed by atoms with Crippen LogP contribution in [-0.2, 0) is 21.3 Å². The van der Waals surface area contributed by atoms with Crippen LogP contribution < -0.4 is 24.2 Å². The third-order valence-corrected chi connectivity index (χ3v) is 8.71. The lowest BCUT2D eigenvalue weighted by Crippen LogP contribution is -2.39. The van der Waals surface area contributed by atoms with E-state index in [4.69, 9.17) is 24.7 Å². The summed E-state index contributed by atoms with van der Waals surface area (Å²) >= 11 is 0. The summed E-state index contributed by atoms with van der Waals surface area (Å²) in [4.78, 5) is -0.0895. The first-order valence-corrected chi connectivity index (χ1v) is 13.5. The van der Waals surface area contributed by atoms with Gasteiger partial charge in [0.2, 0.25) is 11.6 Å². The zero-order valence-corrected chi connectivity index (χ0v) is 22.7. The van der Waals surface area contributed by atoms with Gasteiger partial charge in [0.15, 0.2) is 17.3 Å². The van der Waals surface area contributed by atoms with Gasteiger partial charge in [0, 0.05) is 5.56 Å². The molecular formula is C29H27N3O6S. The van der Waals surface area contributed by atoms with Crippen LogP contribution in [0.1, 0.15) is 28.2 Å². The van der Waals surface area contributed by atoms with Crippen LogP contribution in [0.3, 0.4) is 0 Å². The highest BCUT2D eigenvalue weighted by Crippen LogP contribution is 2.53. The van der Waals surface area contributed by atoms with E-state index in [-0.39, 0.29) is 28.7 Å². The van der Waals surface area contributed by atoms with E-state index in [1.54, 1.807) is 36.4 Å². The van der Waals surface area contributed by atoms with Crippen molar-refractivity contribution in [2.24, 2.45) is 5.73 Å². The van der Waals surface area contributed by atoms with Crippen LogP contribution in [0.5, 0.6) is 17.2 Å². The number of sulfonamides is 1. The first-order chi connectivity index (χ1) is 18.7. The summed E-state index contributed by atoms with van der Waals surface area (Å²) in [6.07, 6.45) is 0. The van der Waals surface area contributed by atoms with Crippen molar-refractivity contribution in [1.29, 1.82) is 5.26 Å². The largest absolute Gasteiger partial charge is 0.493 e. The average molecular weight is 546 g/mol. The monoisotopic (exact) mass is 545 g/mol. The standard InChI is InChI=1S/C29H27N3O6S/c1-17-9-11-18(12-10-17)16-32-22-8-6-5-7-20(22)26-28(39(32,33)34)25(21(15-30)29(31)38-26)19-13-23(35-2)27(37-4)24(14-19)36-3/h5-14,25H,16,31H2,1-4H3/t25-/m0/s1. The van der Waals surface area contributed by atoms with Crippen LogP contribution in [0.2, 0.25) is 0 Å². The van der Waals surface area contributed by atoms with E-state index in [0.29, 0.717) is 34.1 Å². The molecule has 0 fully saturated rings. The molecule has 3 aromatic carbocycles. The van der Waals surface area contributed by atoms with Gasteiger partial charge in [0.05, 0.1) is 39.5 Å². The number of ether oxygens (including phenoxy) is 4. The third kappa shape index (κ3) is 4.21. The Kier molecular flexibility index (Phi) is 6.62. The second kappa shape index (κ2) is 9.93. The highest BCUT2D eigenvalue weighted by molar-refractivity contribution is 7.96. The third-order valence-electron chi connectivity index (χ3n) is 6.83. The fourth-order valence-corrected chi connectivity index (χ4v) is 6.85. The smallest absolute Gasteiger partial charge is 0.265 e. The summed E-state index contributed by atoms with van der Waals surface area (Å²) in [5, 5.41) is 10.1. The SMILES string of the molecule is COc1cc([C@H]2C(C#N)=C(N)OC3=C2S(=O)(=O)N(Cc2ccc(C)cc2)c2ccccc23)cc(OC)c1OC. The molecule has 0 saturated carbocycles. The number of benzene rings is 3. The molecule has 0 aliphatic carbocycles. The quantitative estimate of drug-likeness (QED) is 0.479. The Hall–Kier alpha value is -4.62. The minimum atomic E-state index is -4.23. The average Bonchev–Trinajstić information content (AvgIpc) is 2.94. The molecule has 200 valence electrons. The molecule has 0 spiro atoms. The van der Waals surface area contributed by atoms with Gasteiger partial charge in [0.1, 0.15) is 16.5 Å². The van der Waals surface area contributed by atoms with E-state index < -0.39 is 15.9 Å². The lowest BCUT2D eigenvalue weighted by Gasteiger charge is -2.38. The highest BCUT2D eigenvalue weighted by Gasteiger charge is 2.47. The summed E-state index contributed by atoms with van der Waals surface area (Å²) in [6, 6.07) is 20.0. The predicted octanol–water partition coefficient (Wildman–Crippen LogP) is 4.55. The van der Waals surface area contributed by atoms with Crippen LogP contribution in [0, 0.1) is 18.3 Å². The second-order valence-electron chi connectivity index (χ2n) is 9.09. The number of hydrogen-bond acceptors (Lipinski definition) is 8. The molecule has 9 nitrogen and oxygen atoms in total. The van der Waals surface area contributed by atoms with Gasteiger partial charge in [-0.05, 0) is 42.3 Å². The lowest BCUT2D eigenvalue weighted by molar-refractivity contribution is 0.323. The molecule has 39 heavy (non-hydrogen) atoms. The minimum absolute atomic E-state index is 0.0405. The number of nitrogens with two attached hydrogens (primary N) is 1. The molecule has 1 atom stereocenters. The molecule has 0 bridgehead atoms. The molecule has 0 radical (unpaired) electrons. The number of nitriles is 1. The van der Waals surface area contributed by atoms with Gasteiger partial charge in [-0.25, -0.2) is 8.42 Å². The molecule has 10 heteroatoms. The molecule has 2 aliphatic heterocycles. The molecular weight excluding hydrogens is 518 g/mol. The molecule has 0 saturated heterocycles. The minimum Gasteiger partial charge on any atom is -0.493 e. The number of aryl methyl sites for hydroxylation is 1. The highest BCUT2D eigenvalue weighted by atomic mass is 32.2. The predicted molar refractivity (Wildman–Crippen MR) is 146 cm³/mol. The number of allylic oxidation sites excluding steroid dienone is 2. The van der Waals surface area contributed by atoms with Crippen LogP contribution in [0.15, 0.2) is 77.0 Å². The topological polar surface area (TPSA) is 124 Å². The fraction of sp³-hybridized carbons (Fsp3) is 0.207. The van der Waals surface area contributed by atoms with Gasteiger partial charge in [-0.3, -0.25) is 4.31 Å². The molecule has 2 aliphatic rings. The summed E-state index contributed by atoms with van der Waals surface area (Å²) < 4.78 is 52.7. The number of rotatable bonds is 6. The van der Waals surface area contributed by atoms with Crippen molar-refractivity contribution in [3.63, 3.8) is 0 Å². The van der Waals surface area contributed by atoms with Crippen LogP contribution in [-0.4, -0.2) is 29.7 Å². The number of hydrogen-bond donors (Lipinski definition) is 1. The van der Waals surface area contributed by atoms with Crippen molar-refractivity contribution in [3.05, 3.63) is 99.3 Å². The molecule has 5 rings (SSSR count). The number of fused-ring (bicyclic) bond motifs is 2. The number of nitrogens with zero attached hydrogens (tertiary/aromatic N) is 2. The van der Waals surface area contributed by atoms with Crippen molar-refractivity contribution in [2.45, 2.75) is 19.4 Å². The maximum absolute atomic E-state index is 14.5. The maximum Gasteiger partial charge on any atom is 0.265 e. The van der Waals surface area contributed by atoms with Gasteiger partial charge in [0.25, 0.3) is 10.0 Å². The Morgan fingerprint density at radius 1 is 1.00 bits per heavy atom. The Labute approximate surface area is 227 Å². The van der Waals surface area contributed by atoms with Crippen molar-refractivity contribution < 1.29 is 27.4 Å². The summed E-state index contributed by atoms with van der Waals surface area (Å²) in [5.41, 5.74) is 9.49. The Morgan fingerprint density at radius 2 is 1.64 bits per heavy atom. The van der Waals surface area contributed by atoms with Gasteiger partial charge in [-0.2, -0.15) is 5.26 Å². The number of methoxy groups -OCH3 is 3. The van der Waals surface area contributed by atoms with Gasteiger partial charge in [-0.1, -0.05) is 42.0 Å². The summed E-state index contributed by atoms with van der Waals surface area (Å²) in [6.45, 7) is 2.05. The molecule has 0 aromatic heterocycles. The first kappa shape index (κ1) is 26.0. The fourth-order valence-electron chi connectivity index (χ4n) is 4.94. The summed E-state index contributed by atoms with van der Waals surface area (Å²) in [5.74, 6) is -0.236. The van der Waals surface area contributed by atoms with Crippen molar-refractivity contribution >= 4 is 21.5 Å². The van der Waals surface area contributed by atoms with Gasteiger partial charge in [-0.15, -0.1) is 0 Å². The van der Waals surface area contributed by atoms with E-state index in [1.165, 1.54) is 25.6 Å². The zero-order valence-electron chi connectivity index (χ0n) is 21.9. The molecule has 0 amide bonds. The van der Waals surface area contributed by atoms with E-state index in [2.05, 4.69) is 6.07 Å². The van der Waals surface area contributed by atoms with Crippen LogP contribution in [0.4, 0.5) is 5.69 Å². The van der Waals surface area contributed by atoms with E-state index in [9.17, 15) is 13.7 Å². The lowest BCUT2D eigenvalue weighted by atomic mass is 9.87. The number of para-hydroxylation sites is 1. The zero-order chi connectivity index (χ0) is 27.9.